The van der Waals surface area contributed by atoms with Gasteiger partial charge in [-0.3, -0.25) is 9.59 Å². The first-order valence-corrected chi connectivity index (χ1v) is 5.77. The first-order chi connectivity index (χ1) is 9.38. The van der Waals surface area contributed by atoms with Crippen LogP contribution in [0.3, 0.4) is 0 Å². The Morgan fingerprint density at radius 3 is 2.45 bits per heavy atom. The molecule has 0 aromatic heterocycles. The van der Waals surface area contributed by atoms with Crippen molar-refractivity contribution in [2.24, 2.45) is 0 Å². The predicted molar refractivity (Wildman–Crippen MR) is 67.4 cm³/mol. The number of carbonyl (C=O) groups excluding carboxylic acids is 2. The molecule has 0 aliphatic rings. The minimum atomic E-state index is -1.17. The molecule has 0 aliphatic carbocycles. The third kappa shape index (κ3) is 3.51. The molecular formula is C13H13F2N3O2. The fourth-order valence-corrected chi connectivity index (χ4v) is 1.41. The molecule has 1 aromatic carbocycles. The number of halogens is 2. The van der Waals surface area contributed by atoms with Crippen LogP contribution in [0.5, 0.6) is 0 Å². The number of nitriles is 1. The maximum absolute atomic E-state index is 13.3. The van der Waals surface area contributed by atoms with Gasteiger partial charge in [-0.1, -0.05) is 6.07 Å². The van der Waals surface area contributed by atoms with E-state index in [2.05, 4.69) is 0 Å². The second-order valence-corrected chi connectivity index (χ2v) is 4.18. The van der Waals surface area contributed by atoms with Crippen molar-refractivity contribution < 1.29 is 18.4 Å². The molecular weight excluding hydrogens is 268 g/mol. The van der Waals surface area contributed by atoms with Crippen molar-refractivity contribution in [1.29, 1.82) is 5.26 Å². The second kappa shape index (κ2) is 6.61. The van der Waals surface area contributed by atoms with E-state index in [1.54, 1.807) is 6.92 Å². The first-order valence-electron chi connectivity index (χ1n) is 5.77. The van der Waals surface area contributed by atoms with Gasteiger partial charge >= 0.3 is 11.8 Å². The third-order valence-corrected chi connectivity index (χ3v) is 2.76. The SMILES string of the molecule is C[C@H](CC#N)N(C)C(=O)C(=O)Nc1c(F)cccc1F. The number of rotatable bonds is 3. The molecule has 0 saturated heterocycles. The molecule has 1 rings (SSSR count). The Morgan fingerprint density at radius 2 is 1.95 bits per heavy atom. The van der Waals surface area contributed by atoms with E-state index in [-0.39, 0.29) is 6.42 Å². The van der Waals surface area contributed by atoms with Crippen LogP contribution in [0.2, 0.25) is 0 Å². The number of anilines is 1. The number of hydrogen-bond acceptors (Lipinski definition) is 3. The Bertz CT molecular complexity index is 549. The van der Waals surface area contributed by atoms with Crippen LogP contribution in [0.15, 0.2) is 18.2 Å². The highest BCUT2D eigenvalue weighted by Crippen LogP contribution is 2.18. The van der Waals surface area contributed by atoms with Crippen molar-refractivity contribution in [2.75, 3.05) is 12.4 Å². The molecule has 0 bridgehead atoms. The lowest BCUT2D eigenvalue weighted by Gasteiger charge is -2.22. The molecule has 0 aliphatic heterocycles. The summed E-state index contributed by atoms with van der Waals surface area (Å²) in [5, 5.41) is 10.4. The highest BCUT2D eigenvalue weighted by Gasteiger charge is 2.24. The van der Waals surface area contributed by atoms with E-state index in [9.17, 15) is 18.4 Å². The summed E-state index contributed by atoms with van der Waals surface area (Å²) in [5.41, 5.74) is -0.674. The van der Waals surface area contributed by atoms with Crippen molar-refractivity contribution >= 4 is 17.5 Å². The fourth-order valence-electron chi connectivity index (χ4n) is 1.41. The number of carbonyl (C=O) groups is 2. The zero-order valence-corrected chi connectivity index (χ0v) is 11.0. The molecule has 0 fully saturated rings. The Balaban J connectivity index is 2.82. The number of nitrogens with zero attached hydrogens (tertiary/aromatic N) is 2. The number of para-hydroxylation sites is 1. The number of benzene rings is 1. The topological polar surface area (TPSA) is 73.2 Å². The van der Waals surface area contributed by atoms with E-state index < -0.39 is 35.2 Å². The Morgan fingerprint density at radius 1 is 1.40 bits per heavy atom. The van der Waals surface area contributed by atoms with Gasteiger partial charge in [-0.25, -0.2) is 8.78 Å². The van der Waals surface area contributed by atoms with E-state index in [0.717, 1.165) is 23.1 Å². The van der Waals surface area contributed by atoms with Crippen molar-refractivity contribution in [3.05, 3.63) is 29.8 Å². The van der Waals surface area contributed by atoms with Gasteiger partial charge in [0, 0.05) is 13.1 Å². The maximum atomic E-state index is 13.3. The average molecular weight is 281 g/mol. The monoisotopic (exact) mass is 281 g/mol. The number of nitrogens with one attached hydrogen (secondary N) is 1. The van der Waals surface area contributed by atoms with Gasteiger partial charge < -0.3 is 10.2 Å². The normalized spacial score (nSPS) is 11.3. The van der Waals surface area contributed by atoms with Gasteiger partial charge in [0.2, 0.25) is 0 Å². The summed E-state index contributed by atoms with van der Waals surface area (Å²) >= 11 is 0. The maximum Gasteiger partial charge on any atom is 0.314 e. The summed E-state index contributed by atoms with van der Waals surface area (Å²) < 4.78 is 26.7. The Kier molecular flexibility index (Phi) is 5.15. The highest BCUT2D eigenvalue weighted by molar-refractivity contribution is 6.39. The summed E-state index contributed by atoms with van der Waals surface area (Å²) in [4.78, 5) is 24.4. The van der Waals surface area contributed by atoms with Crippen molar-refractivity contribution in [1.82, 2.24) is 4.90 Å². The molecule has 106 valence electrons. The molecule has 0 radical (unpaired) electrons. The first kappa shape index (κ1) is 15.6. The smallest absolute Gasteiger partial charge is 0.314 e. The fraction of sp³-hybridized carbons (Fsp3) is 0.308. The van der Waals surface area contributed by atoms with Gasteiger partial charge in [-0.2, -0.15) is 5.26 Å². The lowest BCUT2D eigenvalue weighted by molar-refractivity contribution is -0.143. The molecule has 0 unspecified atom stereocenters. The lowest BCUT2D eigenvalue weighted by Crippen LogP contribution is -2.42. The van der Waals surface area contributed by atoms with E-state index in [4.69, 9.17) is 5.26 Å². The summed E-state index contributed by atoms with van der Waals surface area (Å²) in [6.45, 7) is 1.58. The van der Waals surface area contributed by atoms with Gasteiger partial charge in [-0.15, -0.1) is 0 Å². The second-order valence-electron chi connectivity index (χ2n) is 4.18. The zero-order valence-electron chi connectivity index (χ0n) is 11.0. The average Bonchev–Trinajstić information content (AvgIpc) is 2.41. The number of amides is 2. The predicted octanol–water partition coefficient (Wildman–Crippen LogP) is 1.66. The number of hydrogen-bond donors (Lipinski definition) is 1. The van der Waals surface area contributed by atoms with Crippen LogP contribution in [0.1, 0.15) is 13.3 Å². The van der Waals surface area contributed by atoms with Crippen molar-refractivity contribution in [3.8, 4) is 6.07 Å². The molecule has 2 amide bonds. The molecule has 20 heavy (non-hydrogen) atoms. The molecule has 0 spiro atoms. The molecule has 0 saturated carbocycles. The van der Waals surface area contributed by atoms with Crippen LogP contribution in [0.25, 0.3) is 0 Å². The summed E-state index contributed by atoms with van der Waals surface area (Å²) in [7, 11) is 1.33. The van der Waals surface area contributed by atoms with Gasteiger partial charge in [0.25, 0.3) is 0 Å². The van der Waals surface area contributed by atoms with Crippen LogP contribution in [0, 0.1) is 23.0 Å². The van der Waals surface area contributed by atoms with Crippen LogP contribution in [0.4, 0.5) is 14.5 Å². The van der Waals surface area contributed by atoms with Crippen molar-refractivity contribution in [3.63, 3.8) is 0 Å². The molecule has 1 atom stereocenters. The summed E-state index contributed by atoms with van der Waals surface area (Å²) in [6, 6.07) is 4.45. The van der Waals surface area contributed by atoms with Crippen LogP contribution in [-0.2, 0) is 9.59 Å². The van der Waals surface area contributed by atoms with Crippen LogP contribution < -0.4 is 5.32 Å². The summed E-state index contributed by atoms with van der Waals surface area (Å²) in [6.07, 6.45) is 0.0452. The van der Waals surface area contributed by atoms with E-state index in [1.165, 1.54) is 7.05 Å². The lowest BCUT2D eigenvalue weighted by atomic mass is 10.2. The third-order valence-electron chi connectivity index (χ3n) is 2.76. The van der Waals surface area contributed by atoms with E-state index in [1.807, 2.05) is 11.4 Å². The summed E-state index contributed by atoms with van der Waals surface area (Å²) in [5.74, 6) is -4.09. The molecule has 0 heterocycles. The van der Waals surface area contributed by atoms with Gasteiger partial charge in [0.05, 0.1) is 12.5 Å². The van der Waals surface area contributed by atoms with Crippen molar-refractivity contribution in [2.45, 2.75) is 19.4 Å². The molecule has 1 N–H and O–H groups in total. The quantitative estimate of drug-likeness (QED) is 0.856. The van der Waals surface area contributed by atoms with Gasteiger partial charge in [0.1, 0.15) is 17.3 Å². The minimum Gasteiger partial charge on any atom is -0.334 e. The Labute approximate surface area is 114 Å². The van der Waals surface area contributed by atoms with Crippen LogP contribution in [-0.4, -0.2) is 29.8 Å². The number of likely N-dealkylation sites (N-methyl/N-ethyl adjacent to an activating group) is 1. The minimum absolute atomic E-state index is 0.0452. The Hall–Kier alpha value is -2.49. The van der Waals surface area contributed by atoms with Crippen LogP contribution >= 0.6 is 0 Å². The van der Waals surface area contributed by atoms with E-state index in [0.29, 0.717) is 0 Å². The molecule has 1 aromatic rings. The standard InChI is InChI=1S/C13H13F2N3O2/c1-8(6-7-16)18(2)13(20)12(19)17-11-9(14)4-3-5-10(11)15/h3-5,8H,6H2,1-2H3,(H,17,19)/t8-/m1/s1. The van der Waals surface area contributed by atoms with Gasteiger partial charge in [0.15, 0.2) is 0 Å². The highest BCUT2D eigenvalue weighted by atomic mass is 19.1. The molecule has 7 heteroatoms. The molecule has 5 nitrogen and oxygen atoms in total. The van der Waals surface area contributed by atoms with Gasteiger partial charge in [-0.05, 0) is 19.1 Å². The zero-order chi connectivity index (χ0) is 15.3. The largest absolute Gasteiger partial charge is 0.334 e. The van der Waals surface area contributed by atoms with E-state index >= 15 is 0 Å².